The molecule has 0 aliphatic heterocycles. The van der Waals surface area contributed by atoms with E-state index in [4.69, 9.17) is 9.47 Å². The van der Waals surface area contributed by atoms with E-state index in [0.29, 0.717) is 0 Å². The number of rotatable bonds is 4. The summed E-state index contributed by atoms with van der Waals surface area (Å²) in [4.78, 5) is 24.0. The summed E-state index contributed by atoms with van der Waals surface area (Å²) in [6.07, 6.45) is -0.451. The lowest BCUT2D eigenvalue weighted by molar-refractivity contribution is -0.143. The number of carbonyl (C=O) groups is 2. The number of aromatic hydroxyl groups is 1. The molecular formula is C19H29NO5. The van der Waals surface area contributed by atoms with Crippen molar-refractivity contribution in [3.8, 4) is 5.75 Å². The topological polar surface area (TPSA) is 84.9 Å². The summed E-state index contributed by atoms with van der Waals surface area (Å²) in [5, 5.41) is 12.6. The molecule has 25 heavy (non-hydrogen) atoms. The van der Waals surface area contributed by atoms with E-state index in [1.165, 1.54) is 7.11 Å². The fourth-order valence-electron chi connectivity index (χ4n) is 2.33. The molecule has 0 saturated carbocycles. The smallest absolute Gasteiger partial charge is 0.408 e. The van der Waals surface area contributed by atoms with Crippen LogP contribution in [0.4, 0.5) is 4.79 Å². The van der Waals surface area contributed by atoms with Crippen molar-refractivity contribution in [2.45, 2.75) is 65.0 Å². The zero-order valence-electron chi connectivity index (χ0n) is 16.1. The molecule has 0 aliphatic rings. The number of phenols is 1. The summed E-state index contributed by atoms with van der Waals surface area (Å²) in [6, 6.07) is 4.27. The molecule has 0 unspecified atom stereocenters. The van der Waals surface area contributed by atoms with Gasteiger partial charge in [0, 0.05) is 6.42 Å². The third-order valence-electron chi connectivity index (χ3n) is 3.49. The van der Waals surface area contributed by atoms with E-state index in [9.17, 15) is 14.7 Å². The molecule has 0 bridgehead atoms. The van der Waals surface area contributed by atoms with E-state index in [0.717, 1.165) is 11.1 Å². The fourth-order valence-corrected chi connectivity index (χ4v) is 2.33. The maximum atomic E-state index is 12.0. The first-order valence-electron chi connectivity index (χ1n) is 8.23. The van der Waals surface area contributed by atoms with Crippen LogP contribution >= 0.6 is 0 Å². The molecule has 1 atom stereocenters. The van der Waals surface area contributed by atoms with Gasteiger partial charge in [-0.1, -0.05) is 32.9 Å². The molecule has 2 N–H and O–H groups in total. The van der Waals surface area contributed by atoms with E-state index in [1.54, 1.807) is 32.9 Å². The Morgan fingerprint density at radius 3 is 2.24 bits per heavy atom. The van der Waals surface area contributed by atoms with Crippen molar-refractivity contribution in [1.82, 2.24) is 5.32 Å². The van der Waals surface area contributed by atoms with Crippen molar-refractivity contribution in [3.63, 3.8) is 0 Å². The van der Waals surface area contributed by atoms with Gasteiger partial charge in [0.15, 0.2) is 0 Å². The van der Waals surface area contributed by atoms with Gasteiger partial charge in [-0.05, 0) is 43.4 Å². The van der Waals surface area contributed by atoms with E-state index in [1.807, 2.05) is 26.8 Å². The fraction of sp³-hybridized carbons (Fsp3) is 0.579. The summed E-state index contributed by atoms with van der Waals surface area (Å²) in [5.74, 6) is -0.359. The van der Waals surface area contributed by atoms with Crippen LogP contribution in [0.25, 0.3) is 0 Å². The first-order chi connectivity index (χ1) is 11.3. The normalized spacial score (nSPS) is 13.1. The lowest BCUT2D eigenvalue weighted by Crippen LogP contribution is -2.45. The molecule has 0 fully saturated rings. The molecule has 0 heterocycles. The van der Waals surface area contributed by atoms with Crippen LogP contribution in [0.5, 0.6) is 5.75 Å². The molecule has 0 aromatic heterocycles. The Morgan fingerprint density at radius 2 is 1.76 bits per heavy atom. The van der Waals surface area contributed by atoms with Gasteiger partial charge < -0.3 is 19.9 Å². The number of hydrogen-bond acceptors (Lipinski definition) is 5. The van der Waals surface area contributed by atoms with Gasteiger partial charge in [-0.15, -0.1) is 0 Å². The quantitative estimate of drug-likeness (QED) is 0.813. The molecule has 1 aromatic carbocycles. The number of ether oxygens (including phenoxy) is 2. The van der Waals surface area contributed by atoms with Crippen molar-refractivity contribution in [2.75, 3.05) is 7.11 Å². The van der Waals surface area contributed by atoms with Gasteiger partial charge in [0.25, 0.3) is 0 Å². The SMILES string of the molecule is COC(=O)[C@H](Cc1ccc(O)c(C(C)(C)C)c1)NC(=O)OC(C)(C)C. The molecule has 0 aliphatic carbocycles. The molecular weight excluding hydrogens is 322 g/mol. The molecule has 1 aromatic rings. The average Bonchev–Trinajstić information content (AvgIpc) is 2.44. The average molecular weight is 351 g/mol. The predicted molar refractivity (Wildman–Crippen MR) is 95.7 cm³/mol. The summed E-state index contributed by atoms with van der Waals surface area (Å²) in [7, 11) is 1.27. The van der Waals surface area contributed by atoms with E-state index in [2.05, 4.69) is 5.32 Å². The number of alkyl carbamates (subject to hydrolysis) is 1. The highest BCUT2D eigenvalue weighted by molar-refractivity contribution is 5.81. The summed E-state index contributed by atoms with van der Waals surface area (Å²) < 4.78 is 9.98. The van der Waals surface area contributed by atoms with Gasteiger partial charge in [-0.25, -0.2) is 9.59 Å². The van der Waals surface area contributed by atoms with Crippen LogP contribution in [0.1, 0.15) is 52.7 Å². The van der Waals surface area contributed by atoms with Crippen molar-refractivity contribution < 1.29 is 24.2 Å². The number of methoxy groups -OCH3 is 1. The highest BCUT2D eigenvalue weighted by atomic mass is 16.6. The Hall–Kier alpha value is -2.24. The Labute approximate surface area is 149 Å². The lowest BCUT2D eigenvalue weighted by Gasteiger charge is -2.24. The standard InChI is InChI=1S/C19H29NO5/c1-18(2,3)13-10-12(8-9-15(13)21)11-14(16(22)24-7)20-17(23)25-19(4,5)6/h8-10,14,21H,11H2,1-7H3,(H,20,23)/t14-/m0/s1. The Bertz CT molecular complexity index is 626. The van der Waals surface area contributed by atoms with Gasteiger partial charge >= 0.3 is 12.1 Å². The van der Waals surface area contributed by atoms with E-state index < -0.39 is 23.7 Å². The van der Waals surface area contributed by atoms with Crippen LogP contribution < -0.4 is 5.32 Å². The Morgan fingerprint density at radius 1 is 1.16 bits per heavy atom. The molecule has 6 heteroatoms. The van der Waals surface area contributed by atoms with Crippen molar-refractivity contribution in [1.29, 1.82) is 0 Å². The number of benzene rings is 1. The van der Waals surface area contributed by atoms with Crippen LogP contribution in [-0.2, 0) is 26.1 Å². The zero-order valence-corrected chi connectivity index (χ0v) is 16.1. The van der Waals surface area contributed by atoms with Crippen molar-refractivity contribution in [2.24, 2.45) is 0 Å². The minimum atomic E-state index is -0.878. The second kappa shape index (κ2) is 7.76. The van der Waals surface area contributed by atoms with Crippen molar-refractivity contribution >= 4 is 12.1 Å². The van der Waals surface area contributed by atoms with Crippen LogP contribution in [-0.4, -0.2) is 35.9 Å². The van der Waals surface area contributed by atoms with E-state index >= 15 is 0 Å². The first kappa shape index (κ1) is 20.8. The molecule has 0 spiro atoms. The largest absolute Gasteiger partial charge is 0.508 e. The van der Waals surface area contributed by atoms with Gasteiger partial charge in [0.1, 0.15) is 17.4 Å². The highest BCUT2D eigenvalue weighted by Crippen LogP contribution is 2.31. The summed E-state index contributed by atoms with van der Waals surface area (Å²) >= 11 is 0. The van der Waals surface area contributed by atoms with Gasteiger partial charge in [0.05, 0.1) is 7.11 Å². The van der Waals surface area contributed by atoms with Crippen LogP contribution in [0.3, 0.4) is 0 Å². The van der Waals surface area contributed by atoms with Gasteiger partial charge in [0.2, 0.25) is 0 Å². The number of phenolic OH excluding ortho intramolecular Hbond substituents is 1. The van der Waals surface area contributed by atoms with Gasteiger partial charge in [-0.2, -0.15) is 0 Å². The summed E-state index contributed by atoms with van der Waals surface area (Å²) in [5.41, 5.74) is 0.655. The zero-order chi connectivity index (χ0) is 19.4. The number of amides is 1. The number of carbonyl (C=O) groups excluding carboxylic acids is 2. The molecule has 0 radical (unpaired) electrons. The number of nitrogens with one attached hydrogen (secondary N) is 1. The minimum Gasteiger partial charge on any atom is -0.508 e. The highest BCUT2D eigenvalue weighted by Gasteiger charge is 2.26. The van der Waals surface area contributed by atoms with Crippen LogP contribution in [0, 0.1) is 0 Å². The molecule has 6 nitrogen and oxygen atoms in total. The maximum Gasteiger partial charge on any atom is 0.408 e. The van der Waals surface area contributed by atoms with Crippen LogP contribution in [0.15, 0.2) is 18.2 Å². The maximum absolute atomic E-state index is 12.0. The second-order valence-electron chi connectivity index (χ2n) is 8.03. The summed E-state index contributed by atoms with van der Waals surface area (Å²) in [6.45, 7) is 11.2. The van der Waals surface area contributed by atoms with Crippen LogP contribution in [0.2, 0.25) is 0 Å². The van der Waals surface area contributed by atoms with Crippen molar-refractivity contribution in [3.05, 3.63) is 29.3 Å². The minimum absolute atomic E-state index is 0.200. The first-order valence-corrected chi connectivity index (χ1v) is 8.23. The molecule has 140 valence electrons. The number of hydrogen-bond donors (Lipinski definition) is 2. The lowest BCUT2D eigenvalue weighted by atomic mass is 9.85. The third-order valence-corrected chi connectivity index (χ3v) is 3.49. The molecule has 1 amide bonds. The Kier molecular flexibility index (Phi) is 6.46. The predicted octanol–water partition coefficient (Wildman–Crippen LogP) is 3.30. The van der Waals surface area contributed by atoms with E-state index in [-0.39, 0.29) is 17.6 Å². The Balaban J connectivity index is 3.00. The monoisotopic (exact) mass is 351 g/mol. The third kappa shape index (κ3) is 6.64. The van der Waals surface area contributed by atoms with Gasteiger partial charge in [-0.3, -0.25) is 0 Å². The number of esters is 1. The molecule has 0 saturated heterocycles. The second-order valence-corrected chi connectivity index (χ2v) is 8.03. The molecule has 1 rings (SSSR count).